The van der Waals surface area contributed by atoms with Crippen LogP contribution in [-0.4, -0.2) is 27.2 Å². The van der Waals surface area contributed by atoms with Crippen LogP contribution in [0.2, 0.25) is 0 Å². The molecule has 1 aliphatic heterocycles. The van der Waals surface area contributed by atoms with Gasteiger partial charge in [0.05, 0.1) is 17.5 Å². The average molecular weight is 361 g/mol. The minimum absolute atomic E-state index is 0.0789. The number of carbonyl (C=O) groups is 1. The summed E-state index contributed by atoms with van der Waals surface area (Å²) in [7, 11) is -3.90. The van der Waals surface area contributed by atoms with Crippen LogP contribution in [0.3, 0.4) is 0 Å². The van der Waals surface area contributed by atoms with Crippen molar-refractivity contribution in [2.45, 2.75) is 30.9 Å². The Bertz CT molecular complexity index is 859. The molecule has 2 aromatic carbocycles. The molecule has 132 valence electrons. The molecule has 7 heteroatoms. The molecule has 0 radical (unpaired) electrons. The fourth-order valence-corrected chi connectivity index (χ4v) is 3.51. The second kappa shape index (κ2) is 6.85. The summed E-state index contributed by atoms with van der Waals surface area (Å²) in [6.45, 7) is 3.62. The highest BCUT2D eigenvalue weighted by molar-refractivity contribution is 7.86. The zero-order valence-corrected chi connectivity index (χ0v) is 14.7. The molecule has 2 aromatic rings. The van der Waals surface area contributed by atoms with Crippen molar-refractivity contribution in [1.82, 2.24) is 5.32 Å². The van der Waals surface area contributed by atoms with E-state index in [9.17, 15) is 13.2 Å². The van der Waals surface area contributed by atoms with Crippen LogP contribution in [0.25, 0.3) is 0 Å². The van der Waals surface area contributed by atoms with Gasteiger partial charge in [0.15, 0.2) is 6.10 Å². The lowest BCUT2D eigenvalue weighted by Gasteiger charge is -2.17. The van der Waals surface area contributed by atoms with E-state index in [0.717, 1.165) is 16.7 Å². The maximum absolute atomic E-state index is 12.3. The van der Waals surface area contributed by atoms with Crippen LogP contribution in [0.4, 0.5) is 4.79 Å². The number of nitrogens with one attached hydrogen (secondary N) is 1. The lowest BCUT2D eigenvalue weighted by atomic mass is 10.0. The molecule has 25 heavy (non-hydrogen) atoms. The van der Waals surface area contributed by atoms with Crippen molar-refractivity contribution >= 4 is 16.2 Å². The summed E-state index contributed by atoms with van der Waals surface area (Å²) < 4.78 is 35.0. The first-order chi connectivity index (χ1) is 11.8. The van der Waals surface area contributed by atoms with Gasteiger partial charge in [0.1, 0.15) is 0 Å². The number of amides is 1. The minimum Gasteiger partial charge on any atom is -0.439 e. The van der Waals surface area contributed by atoms with Crippen LogP contribution >= 0.6 is 0 Å². The molecule has 0 saturated carbocycles. The van der Waals surface area contributed by atoms with E-state index < -0.39 is 28.4 Å². The van der Waals surface area contributed by atoms with Crippen molar-refractivity contribution in [3.8, 4) is 0 Å². The number of cyclic esters (lactones) is 1. The predicted molar refractivity (Wildman–Crippen MR) is 91.6 cm³/mol. The molecule has 3 rings (SSSR count). The Hall–Kier alpha value is -2.38. The first-order valence-corrected chi connectivity index (χ1v) is 9.26. The number of aryl methyl sites for hydroxylation is 2. The van der Waals surface area contributed by atoms with Crippen LogP contribution < -0.4 is 5.32 Å². The molecule has 0 unspecified atom stereocenters. The zero-order chi connectivity index (χ0) is 18.0. The van der Waals surface area contributed by atoms with E-state index in [-0.39, 0.29) is 11.5 Å². The fourth-order valence-electron chi connectivity index (χ4n) is 2.58. The third-order valence-corrected chi connectivity index (χ3v) is 5.32. The van der Waals surface area contributed by atoms with E-state index in [0.29, 0.717) is 0 Å². The lowest BCUT2D eigenvalue weighted by Crippen LogP contribution is -2.33. The number of rotatable bonds is 5. The topological polar surface area (TPSA) is 81.7 Å². The molecule has 1 N–H and O–H groups in total. The second-order valence-electron chi connectivity index (χ2n) is 6.04. The van der Waals surface area contributed by atoms with Crippen LogP contribution in [-0.2, 0) is 19.0 Å². The summed E-state index contributed by atoms with van der Waals surface area (Å²) in [4.78, 5) is 11.7. The number of hydrogen-bond donors (Lipinski definition) is 1. The number of alkyl carbamates (subject to hydrolysis) is 1. The SMILES string of the molecule is Cc1ccc([C@H]2OC(=O)N[C@@H]2COS(=O)(=O)c2ccc(C)cc2)cc1. The summed E-state index contributed by atoms with van der Waals surface area (Å²) in [5, 5.41) is 2.60. The van der Waals surface area contributed by atoms with Crippen LogP contribution in [0.1, 0.15) is 22.8 Å². The Balaban J connectivity index is 1.73. The zero-order valence-electron chi connectivity index (χ0n) is 13.9. The summed E-state index contributed by atoms with van der Waals surface area (Å²) in [5.74, 6) is 0. The van der Waals surface area contributed by atoms with E-state index in [4.69, 9.17) is 8.92 Å². The van der Waals surface area contributed by atoms with Gasteiger partial charge in [-0.3, -0.25) is 4.18 Å². The fraction of sp³-hybridized carbons (Fsp3) is 0.278. The Kier molecular flexibility index (Phi) is 4.78. The Labute approximate surface area is 146 Å². The summed E-state index contributed by atoms with van der Waals surface area (Å²) in [6.07, 6.45) is -1.19. The van der Waals surface area contributed by atoms with Crippen molar-refractivity contribution in [1.29, 1.82) is 0 Å². The van der Waals surface area contributed by atoms with Crippen molar-refractivity contribution in [3.63, 3.8) is 0 Å². The molecule has 0 aromatic heterocycles. The molecule has 1 aliphatic rings. The molecule has 1 fully saturated rings. The number of ether oxygens (including phenoxy) is 1. The van der Waals surface area contributed by atoms with Gasteiger partial charge in [-0.05, 0) is 31.5 Å². The van der Waals surface area contributed by atoms with Gasteiger partial charge in [0.25, 0.3) is 10.1 Å². The third kappa shape index (κ3) is 4.00. The highest BCUT2D eigenvalue weighted by Crippen LogP contribution is 2.27. The molecule has 0 aliphatic carbocycles. The molecule has 0 bridgehead atoms. The largest absolute Gasteiger partial charge is 0.439 e. The Morgan fingerprint density at radius 1 is 1.00 bits per heavy atom. The van der Waals surface area contributed by atoms with Gasteiger partial charge in [0, 0.05) is 0 Å². The number of benzene rings is 2. The van der Waals surface area contributed by atoms with Crippen LogP contribution in [0.5, 0.6) is 0 Å². The van der Waals surface area contributed by atoms with Gasteiger partial charge in [-0.2, -0.15) is 8.42 Å². The molecule has 1 amide bonds. The molecule has 1 saturated heterocycles. The standard InChI is InChI=1S/C18H19NO5S/c1-12-3-7-14(8-4-12)17-16(19-18(20)24-17)11-23-25(21,22)15-9-5-13(2)6-10-15/h3-10,16-17H,11H2,1-2H3,(H,19,20)/t16-,17-/m1/s1. The lowest BCUT2D eigenvalue weighted by molar-refractivity contribution is 0.123. The van der Waals surface area contributed by atoms with Gasteiger partial charge < -0.3 is 10.1 Å². The monoisotopic (exact) mass is 361 g/mol. The summed E-state index contributed by atoms with van der Waals surface area (Å²) in [5.41, 5.74) is 2.82. The minimum atomic E-state index is -3.90. The molecular formula is C18H19NO5S. The third-order valence-electron chi connectivity index (χ3n) is 4.02. The number of carbonyl (C=O) groups excluding carboxylic acids is 1. The van der Waals surface area contributed by atoms with Gasteiger partial charge in [0.2, 0.25) is 0 Å². The first kappa shape index (κ1) is 17.4. The molecule has 2 atom stereocenters. The second-order valence-corrected chi connectivity index (χ2v) is 7.65. The normalized spacial score (nSPS) is 20.2. The van der Waals surface area contributed by atoms with Crippen molar-refractivity contribution in [3.05, 3.63) is 65.2 Å². The highest BCUT2D eigenvalue weighted by atomic mass is 32.2. The van der Waals surface area contributed by atoms with E-state index in [1.54, 1.807) is 12.1 Å². The van der Waals surface area contributed by atoms with E-state index >= 15 is 0 Å². The Morgan fingerprint density at radius 2 is 1.56 bits per heavy atom. The van der Waals surface area contributed by atoms with Crippen molar-refractivity contribution < 1.29 is 22.1 Å². The maximum Gasteiger partial charge on any atom is 0.408 e. The average Bonchev–Trinajstić information content (AvgIpc) is 2.95. The quantitative estimate of drug-likeness (QED) is 0.828. The summed E-state index contributed by atoms with van der Waals surface area (Å²) in [6, 6.07) is 13.3. The van der Waals surface area contributed by atoms with E-state index in [2.05, 4.69) is 5.32 Å². The first-order valence-electron chi connectivity index (χ1n) is 7.85. The summed E-state index contributed by atoms with van der Waals surface area (Å²) >= 11 is 0. The van der Waals surface area contributed by atoms with E-state index in [1.807, 2.05) is 38.1 Å². The van der Waals surface area contributed by atoms with E-state index in [1.165, 1.54) is 12.1 Å². The molecule has 6 nitrogen and oxygen atoms in total. The molecule has 1 heterocycles. The smallest absolute Gasteiger partial charge is 0.408 e. The molecular weight excluding hydrogens is 342 g/mol. The predicted octanol–water partition coefficient (Wildman–Crippen LogP) is 2.86. The van der Waals surface area contributed by atoms with Gasteiger partial charge >= 0.3 is 6.09 Å². The van der Waals surface area contributed by atoms with Crippen molar-refractivity contribution in [2.24, 2.45) is 0 Å². The number of hydrogen-bond acceptors (Lipinski definition) is 5. The van der Waals surface area contributed by atoms with Gasteiger partial charge in [-0.1, -0.05) is 47.5 Å². The molecule has 0 spiro atoms. The van der Waals surface area contributed by atoms with Gasteiger partial charge in [-0.25, -0.2) is 4.79 Å². The van der Waals surface area contributed by atoms with Gasteiger partial charge in [-0.15, -0.1) is 0 Å². The van der Waals surface area contributed by atoms with Crippen LogP contribution in [0.15, 0.2) is 53.4 Å². The van der Waals surface area contributed by atoms with Crippen LogP contribution in [0, 0.1) is 13.8 Å². The maximum atomic E-state index is 12.3. The van der Waals surface area contributed by atoms with Crippen molar-refractivity contribution in [2.75, 3.05) is 6.61 Å². The highest BCUT2D eigenvalue weighted by Gasteiger charge is 2.36. The Morgan fingerprint density at radius 3 is 2.16 bits per heavy atom.